The highest BCUT2D eigenvalue weighted by Gasteiger charge is 2.14. The van der Waals surface area contributed by atoms with Gasteiger partial charge >= 0.3 is 5.97 Å². The van der Waals surface area contributed by atoms with E-state index in [1.165, 1.54) is 6.26 Å². The maximum absolute atomic E-state index is 11.5. The van der Waals surface area contributed by atoms with Gasteiger partial charge in [-0.3, -0.25) is 0 Å². The molecule has 2 aromatic rings. The first kappa shape index (κ1) is 14.7. The molecule has 0 amide bonds. The Hall–Kier alpha value is -3.23. The summed E-state index contributed by atoms with van der Waals surface area (Å²) in [6.45, 7) is 3.58. The van der Waals surface area contributed by atoms with Crippen molar-refractivity contribution < 1.29 is 19.0 Å². The van der Waals surface area contributed by atoms with Crippen LogP contribution in [0.1, 0.15) is 0 Å². The van der Waals surface area contributed by atoms with Gasteiger partial charge in [0.05, 0.1) is 6.26 Å². The standard InChI is InChI=1S/C19H14O4/c1-2-21-13-22-17-9-5-14(6-10-17)15-7-11-18(12-8-15)23-19(20)16-3-4-16/h2-3,5-12H,1,13H2. The zero-order valence-corrected chi connectivity index (χ0v) is 12.3. The van der Waals surface area contributed by atoms with E-state index in [4.69, 9.17) is 14.2 Å². The minimum Gasteiger partial charge on any atom is -0.466 e. The van der Waals surface area contributed by atoms with Crippen LogP contribution in [0.25, 0.3) is 11.1 Å². The SMILES string of the molecule is C=COCOc1ccc(-c2ccc(OC(=O)C3=C=C3)cc2)cc1. The van der Waals surface area contributed by atoms with Crippen molar-refractivity contribution in [2.75, 3.05) is 6.79 Å². The molecule has 2 aromatic carbocycles. The molecule has 0 saturated heterocycles. The highest BCUT2D eigenvalue weighted by molar-refractivity contribution is 5.96. The first-order valence-electron chi connectivity index (χ1n) is 7.01. The van der Waals surface area contributed by atoms with E-state index in [2.05, 4.69) is 12.3 Å². The van der Waals surface area contributed by atoms with E-state index in [1.807, 2.05) is 36.4 Å². The van der Waals surface area contributed by atoms with Crippen LogP contribution in [0, 0.1) is 0 Å². The highest BCUT2D eigenvalue weighted by atomic mass is 16.7. The van der Waals surface area contributed by atoms with Gasteiger partial charge in [-0.15, -0.1) is 5.73 Å². The van der Waals surface area contributed by atoms with Crippen LogP contribution < -0.4 is 9.47 Å². The fourth-order valence-corrected chi connectivity index (χ4v) is 1.93. The summed E-state index contributed by atoms with van der Waals surface area (Å²) in [7, 11) is 0. The topological polar surface area (TPSA) is 44.8 Å². The summed E-state index contributed by atoms with van der Waals surface area (Å²) in [6.07, 6.45) is 2.93. The number of carbonyl (C=O) groups is 1. The van der Waals surface area contributed by atoms with Gasteiger partial charge in [-0.2, -0.15) is 0 Å². The molecule has 0 spiro atoms. The summed E-state index contributed by atoms with van der Waals surface area (Å²) in [5.74, 6) is 0.849. The van der Waals surface area contributed by atoms with Gasteiger partial charge in [0.1, 0.15) is 17.1 Å². The van der Waals surface area contributed by atoms with Gasteiger partial charge in [0.15, 0.2) is 0 Å². The highest BCUT2D eigenvalue weighted by Crippen LogP contribution is 2.25. The van der Waals surface area contributed by atoms with Gasteiger partial charge < -0.3 is 14.2 Å². The molecule has 0 saturated carbocycles. The van der Waals surface area contributed by atoms with E-state index in [0.29, 0.717) is 17.1 Å². The number of hydrogen-bond donors (Lipinski definition) is 0. The fraction of sp³-hybridized carbons (Fsp3) is 0.0526. The van der Waals surface area contributed by atoms with E-state index < -0.39 is 0 Å². The molecule has 3 rings (SSSR count). The maximum Gasteiger partial charge on any atom is 0.352 e. The molecule has 0 aromatic heterocycles. The van der Waals surface area contributed by atoms with Crippen LogP contribution in [0.5, 0.6) is 11.5 Å². The van der Waals surface area contributed by atoms with E-state index >= 15 is 0 Å². The van der Waals surface area contributed by atoms with E-state index in [-0.39, 0.29) is 12.8 Å². The molecular formula is C19H14O4. The Labute approximate surface area is 133 Å². The predicted molar refractivity (Wildman–Crippen MR) is 85.9 cm³/mol. The number of ether oxygens (including phenoxy) is 3. The van der Waals surface area contributed by atoms with Gasteiger partial charge in [0.2, 0.25) is 6.79 Å². The predicted octanol–water partition coefficient (Wildman–Crippen LogP) is 3.85. The molecule has 1 aliphatic carbocycles. The van der Waals surface area contributed by atoms with Crippen molar-refractivity contribution in [1.82, 2.24) is 0 Å². The van der Waals surface area contributed by atoms with Crippen LogP contribution in [0.4, 0.5) is 0 Å². The maximum atomic E-state index is 11.5. The van der Waals surface area contributed by atoms with Crippen LogP contribution in [-0.4, -0.2) is 12.8 Å². The fourth-order valence-electron chi connectivity index (χ4n) is 1.93. The third-order valence-electron chi connectivity index (χ3n) is 3.17. The lowest BCUT2D eigenvalue weighted by Gasteiger charge is -2.07. The van der Waals surface area contributed by atoms with Crippen LogP contribution >= 0.6 is 0 Å². The Balaban J connectivity index is 1.63. The number of esters is 1. The smallest absolute Gasteiger partial charge is 0.352 e. The van der Waals surface area contributed by atoms with Crippen molar-refractivity contribution in [3.05, 3.63) is 78.8 Å². The summed E-state index contributed by atoms with van der Waals surface area (Å²) >= 11 is 0. The van der Waals surface area contributed by atoms with Gasteiger partial charge in [-0.25, -0.2) is 4.79 Å². The zero-order valence-electron chi connectivity index (χ0n) is 12.3. The van der Waals surface area contributed by atoms with Crippen molar-refractivity contribution in [3.8, 4) is 22.6 Å². The molecule has 0 atom stereocenters. The lowest BCUT2D eigenvalue weighted by molar-refractivity contribution is -0.129. The molecule has 0 fully saturated rings. The molecule has 4 heteroatoms. The number of carbonyl (C=O) groups excluding carboxylic acids is 1. The summed E-state index contributed by atoms with van der Waals surface area (Å²) < 4.78 is 15.5. The molecule has 1 aliphatic rings. The summed E-state index contributed by atoms with van der Waals surface area (Å²) in [5.41, 5.74) is 5.25. The normalized spacial score (nSPS) is 11.4. The van der Waals surface area contributed by atoms with Gasteiger partial charge in [0, 0.05) is 6.08 Å². The lowest BCUT2D eigenvalue weighted by atomic mass is 10.1. The van der Waals surface area contributed by atoms with Gasteiger partial charge in [-0.05, 0) is 35.4 Å². The largest absolute Gasteiger partial charge is 0.466 e. The van der Waals surface area contributed by atoms with Crippen LogP contribution in [0.15, 0.2) is 78.8 Å². The van der Waals surface area contributed by atoms with E-state index in [0.717, 1.165) is 11.1 Å². The van der Waals surface area contributed by atoms with Gasteiger partial charge in [0.25, 0.3) is 0 Å². The minimum atomic E-state index is -0.374. The first-order valence-corrected chi connectivity index (χ1v) is 7.01. The Morgan fingerprint density at radius 2 is 1.57 bits per heavy atom. The minimum absolute atomic E-state index is 0.133. The second kappa shape index (κ2) is 6.69. The number of benzene rings is 2. The molecule has 0 aliphatic heterocycles. The third kappa shape index (κ3) is 3.90. The van der Waals surface area contributed by atoms with Crippen molar-refractivity contribution in [1.29, 1.82) is 0 Å². The van der Waals surface area contributed by atoms with Crippen LogP contribution in [0.2, 0.25) is 0 Å². The van der Waals surface area contributed by atoms with E-state index in [1.54, 1.807) is 18.2 Å². The Morgan fingerprint density at radius 1 is 1.00 bits per heavy atom. The van der Waals surface area contributed by atoms with Crippen molar-refractivity contribution in [3.63, 3.8) is 0 Å². The molecule has 0 radical (unpaired) electrons. The lowest BCUT2D eigenvalue weighted by Crippen LogP contribution is -2.05. The molecule has 0 bridgehead atoms. The van der Waals surface area contributed by atoms with Crippen molar-refractivity contribution >= 4 is 5.97 Å². The average Bonchev–Trinajstić information content (AvgIpc) is 3.42. The quantitative estimate of drug-likeness (QED) is 0.195. The zero-order chi connectivity index (χ0) is 16.1. The third-order valence-corrected chi connectivity index (χ3v) is 3.17. The van der Waals surface area contributed by atoms with Crippen molar-refractivity contribution in [2.45, 2.75) is 0 Å². The summed E-state index contributed by atoms with van der Waals surface area (Å²) in [5, 5.41) is 0. The second-order valence-corrected chi connectivity index (χ2v) is 4.74. The molecular weight excluding hydrogens is 292 g/mol. The summed E-state index contributed by atoms with van der Waals surface area (Å²) in [4.78, 5) is 11.5. The van der Waals surface area contributed by atoms with Crippen LogP contribution in [-0.2, 0) is 9.53 Å². The molecule has 0 unspecified atom stereocenters. The Bertz CT molecular complexity index is 779. The average molecular weight is 306 g/mol. The monoisotopic (exact) mass is 306 g/mol. The van der Waals surface area contributed by atoms with E-state index in [9.17, 15) is 4.79 Å². The Morgan fingerprint density at radius 3 is 2.09 bits per heavy atom. The molecule has 0 heterocycles. The first-order chi connectivity index (χ1) is 11.3. The molecule has 0 N–H and O–H groups in total. The van der Waals surface area contributed by atoms with Gasteiger partial charge in [-0.1, -0.05) is 30.8 Å². The Kier molecular flexibility index (Phi) is 4.27. The van der Waals surface area contributed by atoms with Crippen LogP contribution in [0.3, 0.4) is 0 Å². The second-order valence-electron chi connectivity index (χ2n) is 4.74. The number of rotatable bonds is 7. The molecule has 4 nitrogen and oxygen atoms in total. The summed E-state index contributed by atoms with van der Waals surface area (Å²) in [6, 6.07) is 14.9. The van der Waals surface area contributed by atoms with Crippen molar-refractivity contribution in [2.24, 2.45) is 0 Å². The molecule has 114 valence electrons. The number of hydrogen-bond acceptors (Lipinski definition) is 4. The molecule has 23 heavy (non-hydrogen) atoms.